The highest BCUT2D eigenvalue weighted by Gasteiger charge is 2.52. The Morgan fingerprint density at radius 2 is 2.12 bits per heavy atom. The molecule has 1 heterocycles. The van der Waals surface area contributed by atoms with Crippen molar-refractivity contribution in [2.45, 2.75) is 19.9 Å². The zero-order valence-corrected chi connectivity index (χ0v) is 10.1. The largest absolute Gasteiger partial charge is 0.481 e. The maximum Gasteiger partial charge on any atom is 0.316 e. The Bertz CT molecular complexity index is 452. The van der Waals surface area contributed by atoms with E-state index in [1.165, 1.54) is 0 Å². The van der Waals surface area contributed by atoms with Crippen LogP contribution in [0, 0.1) is 19.3 Å². The van der Waals surface area contributed by atoms with E-state index in [0.29, 0.717) is 0 Å². The Balaban J connectivity index is 2.39. The number of rotatable bonds is 3. The molecule has 1 fully saturated rings. The molecule has 0 bridgehead atoms. The lowest BCUT2D eigenvalue weighted by Gasteiger charge is -2.42. The van der Waals surface area contributed by atoms with E-state index in [9.17, 15) is 9.90 Å². The zero-order chi connectivity index (χ0) is 12.6. The standard InChI is InChI=1S/C13H17NO3/c1-8-3-4-9(2)10(5-8)11(14)13(12(15)16)6-17-7-13/h3-5,11H,6-7,14H2,1-2H3,(H,15,16). The highest BCUT2D eigenvalue weighted by atomic mass is 16.5. The number of benzene rings is 1. The third-order valence-electron chi connectivity index (χ3n) is 3.51. The molecule has 1 unspecified atom stereocenters. The number of hydrogen-bond acceptors (Lipinski definition) is 3. The number of ether oxygens (including phenoxy) is 1. The first kappa shape index (κ1) is 12.1. The van der Waals surface area contributed by atoms with Gasteiger partial charge in [0.05, 0.1) is 19.3 Å². The third-order valence-corrected chi connectivity index (χ3v) is 3.51. The van der Waals surface area contributed by atoms with Gasteiger partial charge < -0.3 is 15.6 Å². The summed E-state index contributed by atoms with van der Waals surface area (Å²) in [6.45, 7) is 4.30. The first-order valence-corrected chi connectivity index (χ1v) is 5.61. The fourth-order valence-corrected chi connectivity index (χ4v) is 2.15. The second-order valence-electron chi connectivity index (χ2n) is 4.79. The van der Waals surface area contributed by atoms with Gasteiger partial charge in [-0.3, -0.25) is 4.79 Å². The minimum absolute atomic E-state index is 0.191. The molecule has 2 rings (SSSR count). The monoisotopic (exact) mass is 235 g/mol. The van der Waals surface area contributed by atoms with Gasteiger partial charge in [0.15, 0.2) is 0 Å². The van der Waals surface area contributed by atoms with Gasteiger partial charge in [-0.1, -0.05) is 23.8 Å². The molecule has 4 nitrogen and oxygen atoms in total. The van der Waals surface area contributed by atoms with Gasteiger partial charge in [-0.15, -0.1) is 0 Å². The molecule has 0 amide bonds. The summed E-state index contributed by atoms with van der Waals surface area (Å²) in [5, 5.41) is 9.32. The first-order chi connectivity index (χ1) is 7.97. The van der Waals surface area contributed by atoms with Gasteiger partial charge in [-0.25, -0.2) is 0 Å². The lowest BCUT2D eigenvalue weighted by molar-refractivity contribution is -0.184. The molecule has 0 radical (unpaired) electrons. The van der Waals surface area contributed by atoms with Crippen LogP contribution in [0.3, 0.4) is 0 Å². The summed E-state index contributed by atoms with van der Waals surface area (Å²) in [4.78, 5) is 11.4. The summed E-state index contributed by atoms with van der Waals surface area (Å²) in [5.41, 5.74) is 8.19. The quantitative estimate of drug-likeness (QED) is 0.830. The van der Waals surface area contributed by atoms with E-state index in [1.54, 1.807) is 0 Å². The van der Waals surface area contributed by atoms with Crippen molar-refractivity contribution in [1.82, 2.24) is 0 Å². The highest BCUT2D eigenvalue weighted by molar-refractivity contribution is 5.77. The van der Waals surface area contributed by atoms with E-state index < -0.39 is 17.4 Å². The molecule has 0 aliphatic carbocycles. The Kier molecular flexibility index (Phi) is 2.93. The predicted molar refractivity (Wildman–Crippen MR) is 63.7 cm³/mol. The SMILES string of the molecule is Cc1ccc(C)c(C(N)C2(C(=O)O)COC2)c1. The van der Waals surface area contributed by atoms with E-state index in [0.717, 1.165) is 16.7 Å². The van der Waals surface area contributed by atoms with Crippen molar-refractivity contribution in [2.24, 2.45) is 11.1 Å². The summed E-state index contributed by atoms with van der Waals surface area (Å²) in [6, 6.07) is 5.41. The highest BCUT2D eigenvalue weighted by Crippen LogP contribution is 2.40. The normalized spacial score (nSPS) is 19.5. The molecule has 1 aliphatic heterocycles. The minimum Gasteiger partial charge on any atom is -0.481 e. The number of carboxylic acid groups (broad SMARTS) is 1. The first-order valence-electron chi connectivity index (χ1n) is 5.61. The van der Waals surface area contributed by atoms with Crippen LogP contribution in [0.4, 0.5) is 0 Å². The van der Waals surface area contributed by atoms with Crippen LogP contribution in [0.2, 0.25) is 0 Å². The molecular weight excluding hydrogens is 218 g/mol. The molecular formula is C13H17NO3. The van der Waals surface area contributed by atoms with Gasteiger partial charge in [0.1, 0.15) is 5.41 Å². The van der Waals surface area contributed by atoms with Gasteiger partial charge in [0.25, 0.3) is 0 Å². The van der Waals surface area contributed by atoms with Crippen LogP contribution in [0.15, 0.2) is 18.2 Å². The lowest BCUT2D eigenvalue weighted by Crippen LogP contribution is -2.55. The fraction of sp³-hybridized carbons (Fsp3) is 0.462. The van der Waals surface area contributed by atoms with Crippen molar-refractivity contribution in [1.29, 1.82) is 0 Å². The molecule has 1 aliphatic rings. The number of aryl methyl sites for hydroxylation is 2. The van der Waals surface area contributed by atoms with Crippen LogP contribution in [0.1, 0.15) is 22.7 Å². The molecule has 0 spiro atoms. The van der Waals surface area contributed by atoms with Crippen molar-refractivity contribution in [3.05, 3.63) is 34.9 Å². The van der Waals surface area contributed by atoms with Crippen molar-refractivity contribution < 1.29 is 14.6 Å². The predicted octanol–water partition coefficient (Wildman–Crippen LogP) is 1.40. The number of hydrogen-bond donors (Lipinski definition) is 2. The Morgan fingerprint density at radius 3 is 2.59 bits per heavy atom. The van der Waals surface area contributed by atoms with E-state index in [-0.39, 0.29) is 13.2 Å². The lowest BCUT2D eigenvalue weighted by atomic mass is 9.74. The van der Waals surface area contributed by atoms with Crippen LogP contribution in [-0.2, 0) is 9.53 Å². The van der Waals surface area contributed by atoms with Crippen molar-refractivity contribution in [2.75, 3.05) is 13.2 Å². The van der Waals surface area contributed by atoms with Gasteiger partial charge >= 0.3 is 5.97 Å². The Morgan fingerprint density at radius 1 is 1.47 bits per heavy atom. The number of carboxylic acids is 1. The molecule has 3 N–H and O–H groups in total. The molecule has 1 aromatic carbocycles. The topological polar surface area (TPSA) is 72.6 Å². The average Bonchev–Trinajstić information content (AvgIpc) is 2.19. The fourth-order valence-electron chi connectivity index (χ4n) is 2.15. The molecule has 92 valence electrons. The third kappa shape index (κ3) is 1.83. The van der Waals surface area contributed by atoms with Gasteiger partial charge in [0.2, 0.25) is 0 Å². The molecule has 17 heavy (non-hydrogen) atoms. The molecule has 4 heteroatoms. The Labute approximate surface area is 100 Å². The maximum atomic E-state index is 11.4. The molecule has 1 aromatic rings. The van der Waals surface area contributed by atoms with E-state index in [1.807, 2.05) is 32.0 Å². The molecule has 1 saturated heterocycles. The summed E-state index contributed by atoms with van der Waals surface area (Å²) >= 11 is 0. The maximum absolute atomic E-state index is 11.4. The van der Waals surface area contributed by atoms with E-state index in [4.69, 9.17) is 10.5 Å². The Hall–Kier alpha value is -1.39. The molecule has 0 aromatic heterocycles. The van der Waals surface area contributed by atoms with E-state index >= 15 is 0 Å². The van der Waals surface area contributed by atoms with Crippen LogP contribution < -0.4 is 5.73 Å². The summed E-state index contributed by atoms with van der Waals surface area (Å²) < 4.78 is 5.05. The number of carbonyl (C=O) groups is 1. The molecule has 1 atom stereocenters. The average molecular weight is 235 g/mol. The second kappa shape index (κ2) is 4.13. The summed E-state index contributed by atoms with van der Waals surface area (Å²) in [7, 11) is 0. The van der Waals surface area contributed by atoms with Gasteiger partial charge in [-0.2, -0.15) is 0 Å². The van der Waals surface area contributed by atoms with Crippen LogP contribution >= 0.6 is 0 Å². The van der Waals surface area contributed by atoms with Gasteiger partial charge in [-0.05, 0) is 25.0 Å². The summed E-state index contributed by atoms with van der Waals surface area (Å²) in [5.74, 6) is -0.878. The number of aliphatic carboxylic acids is 1. The second-order valence-corrected chi connectivity index (χ2v) is 4.79. The number of nitrogens with two attached hydrogens (primary N) is 1. The zero-order valence-electron chi connectivity index (χ0n) is 10.1. The molecule has 0 saturated carbocycles. The van der Waals surface area contributed by atoms with E-state index in [2.05, 4.69) is 0 Å². The van der Waals surface area contributed by atoms with Crippen LogP contribution in [-0.4, -0.2) is 24.3 Å². The van der Waals surface area contributed by atoms with Crippen LogP contribution in [0.5, 0.6) is 0 Å². The van der Waals surface area contributed by atoms with Crippen molar-refractivity contribution in [3.63, 3.8) is 0 Å². The smallest absolute Gasteiger partial charge is 0.316 e. The van der Waals surface area contributed by atoms with Gasteiger partial charge in [0, 0.05) is 0 Å². The van der Waals surface area contributed by atoms with Crippen molar-refractivity contribution >= 4 is 5.97 Å². The van der Waals surface area contributed by atoms with Crippen LogP contribution in [0.25, 0.3) is 0 Å². The van der Waals surface area contributed by atoms with Crippen molar-refractivity contribution in [3.8, 4) is 0 Å². The summed E-state index contributed by atoms with van der Waals surface area (Å²) in [6.07, 6.45) is 0. The minimum atomic E-state index is -0.960.